The number of fused-ring (bicyclic) bond motifs is 1. The van der Waals surface area contributed by atoms with Gasteiger partial charge in [0.25, 0.3) is 0 Å². The van der Waals surface area contributed by atoms with Gasteiger partial charge in [-0.1, -0.05) is 20.8 Å². The van der Waals surface area contributed by atoms with Gasteiger partial charge in [-0.15, -0.1) is 0 Å². The molecule has 1 aromatic rings. The molecular weight excluding hydrogens is 212 g/mol. The third kappa shape index (κ3) is 2.78. The normalized spacial score (nSPS) is 14.8. The van der Waals surface area contributed by atoms with E-state index in [-0.39, 0.29) is 11.3 Å². The van der Waals surface area contributed by atoms with Crippen LogP contribution in [0.15, 0.2) is 18.2 Å². The van der Waals surface area contributed by atoms with Gasteiger partial charge in [0, 0.05) is 23.3 Å². The molecule has 2 N–H and O–H groups in total. The van der Waals surface area contributed by atoms with Crippen molar-refractivity contribution in [2.45, 2.75) is 33.6 Å². The first-order valence-corrected chi connectivity index (χ1v) is 6.15. The number of benzene rings is 1. The molecule has 1 aliphatic rings. The molecule has 0 aliphatic carbocycles. The Morgan fingerprint density at radius 1 is 1.35 bits per heavy atom. The zero-order valence-electron chi connectivity index (χ0n) is 10.8. The van der Waals surface area contributed by atoms with Crippen molar-refractivity contribution < 1.29 is 4.79 Å². The van der Waals surface area contributed by atoms with Gasteiger partial charge in [-0.3, -0.25) is 4.79 Å². The van der Waals surface area contributed by atoms with Crippen LogP contribution in [0, 0.1) is 5.41 Å². The van der Waals surface area contributed by atoms with E-state index < -0.39 is 0 Å². The lowest BCUT2D eigenvalue weighted by atomic mass is 9.95. The average molecular weight is 232 g/mol. The summed E-state index contributed by atoms with van der Waals surface area (Å²) in [7, 11) is 0. The summed E-state index contributed by atoms with van der Waals surface area (Å²) in [6, 6.07) is 6.08. The Bertz CT molecular complexity index is 432. The zero-order valence-corrected chi connectivity index (χ0v) is 10.8. The molecule has 0 fully saturated rings. The monoisotopic (exact) mass is 232 g/mol. The maximum Gasteiger partial charge on any atom is 0.229 e. The van der Waals surface area contributed by atoms with E-state index in [1.165, 1.54) is 11.3 Å². The number of hydrogen-bond donors (Lipinski definition) is 2. The number of rotatable bonds is 1. The van der Waals surface area contributed by atoms with Crippen LogP contribution in [0.25, 0.3) is 0 Å². The van der Waals surface area contributed by atoms with Gasteiger partial charge in [-0.2, -0.15) is 0 Å². The second-order valence-corrected chi connectivity index (χ2v) is 5.61. The molecular formula is C14H20N2O. The smallest absolute Gasteiger partial charge is 0.229 e. The van der Waals surface area contributed by atoms with Crippen molar-refractivity contribution in [2.24, 2.45) is 5.41 Å². The summed E-state index contributed by atoms with van der Waals surface area (Å²) in [6.07, 6.45) is 2.24. The third-order valence-electron chi connectivity index (χ3n) is 2.98. The number of carbonyl (C=O) groups excluding carboxylic acids is 1. The lowest BCUT2D eigenvalue weighted by molar-refractivity contribution is -0.123. The van der Waals surface area contributed by atoms with E-state index in [1.807, 2.05) is 32.9 Å². The first-order valence-electron chi connectivity index (χ1n) is 6.15. The first-order chi connectivity index (χ1) is 7.97. The Hall–Kier alpha value is -1.51. The lowest BCUT2D eigenvalue weighted by Gasteiger charge is -2.21. The third-order valence-corrected chi connectivity index (χ3v) is 2.98. The van der Waals surface area contributed by atoms with Crippen molar-refractivity contribution in [3.8, 4) is 0 Å². The topological polar surface area (TPSA) is 41.1 Å². The molecule has 92 valence electrons. The van der Waals surface area contributed by atoms with Gasteiger partial charge >= 0.3 is 0 Å². The van der Waals surface area contributed by atoms with Crippen LogP contribution in [0.4, 0.5) is 11.4 Å². The fourth-order valence-electron chi connectivity index (χ4n) is 1.87. The summed E-state index contributed by atoms with van der Waals surface area (Å²) in [5, 5.41) is 6.33. The number of nitrogens with one attached hydrogen (secondary N) is 2. The molecule has 0 saturated heterocycles. The Kier molecular flexibility index (Phi) is 3.09. The zero-order chi connectivity index (χ0) is 12.5. The minimum atomic E-state index is -0.353. The van der Waals surface area contributed by atoms with Gasteiger partial charge in [-0.05, 0) is 36.6 Å². The second-order valence-electron chi connectivity index (χ2n) is 5.61. The number of hydrogen-bond acceptors (Lipinski definition) is 2. The van der Waals surface area contributed by atoms with E-state index in [1.54, 1.807) is 0 Å². The van der Waals surface area contributed by atoms with Crippen LogP contribution in [-0.2, 0) is 11.2 Å². The van der Waals surface area contributed by atoms with Crippen LogP contribution < -0.4 is 10.6 Å². The van der Waals surface area contributed by atoms with E-state index in [0.29, 0.717) is 0 Å². The molecule has 1 aliphatic heterocycles. The molecule has 0 saturated carbocycles. The van der Waals surface area contributed by atoms with Crippen molar-refractivity contribution in [3.05, 3.63) is 23.8 Å². The lowest BCUT2D eigenvalue weighted by Crippen LogP contribution is -2.27. The molecule has 0 bridgehead atoms. The Labute approximate surface area is 103 Å². The Morgan fingerprint density at radius 3 is 2.82 bits per heavy atom. The van der Waals surface area contributed by atoms with Gasteiger partial charge in [0.15, 0.2) is 0 Å². The molecule has 17 heavy (non-hydrogen) atoms. The quantitative estimate of drug-likeness (QED) is 0.781. The molecule has 1 aromatic carbocycles. The minimum absolute atomic E-state index is 0.0567. The molecule has 0 aromatic heterocycles. The molecule has 2 rings (SSSR count). The van der Waals surface area contributed by atoms with E-state index in [2.05, 4.69) is 16.7 Å². The highest BCUT2D eigenvalue weighted by Crippen LogP contribution is 2.26. The van der Waals surface area contributed by atoms with E-state index in [0.717, 1.165) is 25.1 Å². The average Bonchev–Trinajstić information content (AvgIpc) is 2.27. The van der Waals surface area contributed by atoms with Crippen LogP contribution in [0.5, 0.6) is 0 Å². The van der Waals surface area contributed by atoms with Crippen LogP contribution in [0.2, 0.25) is 0 Å². The summed E-state index contributed by atoms with van der Waals surface area (Å²) >= 11 is 0. The highest BCUT2D eigenvalue weighted by molar-refractivity contribution is 5.94. The van der Waals surface area contributed by atoms with Crippen molar-refractivity contribution in [2.75, 3.05) is 17.2 Å². The van der Waals surface area contributed by atoms with Gasteiger partial charge in [-0.25, -0.2) is 0 Å². The van der Waals surface area contributed by atoms with Gasteiger partial charge in [0.2, 0.25) is 5.91 Å². The number of anilines is 2. The van der Waals surface area contributed by atoms with E-state index in [9.17, 15) is 4.79 Å². The fourth-order valence-corrected chi connectivity index (χ4v) is 1.87. The summed E-state index contributed by atoms with van der Waals surface area (Å²) < 4.78 is 0. The second kappa shape index (κ2) is 4.40. The molecule has 1 heterocycles. The molecule has 0 unspecified atom stereocenters. The van der Waals surface area contributed by atoms with Crippen molar-refractivity contribution in [1.82, 2.24) is 0 Å². The molecule has 3 heteroatoms. The van der Waals surface area contributed by atoms with Crippen molar-refractivity contribution in [3.63, 3.8) is 0 Å². The summed E-state index contributed by atoms with van der Waals surface area (Å²) in [6.45, 7) is 6.80. The van der Waals surface area contributed by atoms with Crippen LogP contribution >= 0.6 is 0 Å². The van der Waals surface area contributed by atoms with Gasteiger partial charge in [0.05, 0.1) is 0 Å². The number of carbonyl (C=O) groups is 1. The fraction of sp³-hybridized carbons (Fsp3) is 0.500. The first kappa shape index (κ1) is 12.0. The molecule has 0 radical (unpaired) electrons. The maximum absolute atomic E-state index is 11.9. The summed E-state index contributed by atoms with van der Waals surface area (Å²) in [5.41, 5.74) is 3.04. The van der Waals surface area contributed by atoms with Crippen LogP contribution in [0.3, 0.4) is 0 Å². The molecule has 0 atom stereocenters. The van der Waals surface area contributed by atoms with Crippen LogP contribution in [-0.4, -0.2) is 12.5 Å². The predicted molar refractivity (Wildman–Crippen MR) is 71.3 cm³/mol. The summed E-state index contributed by atoms with van der Waals surface area (Å²) in [5.74, 6) is 0.0567. The standard InChI is InChI=1S/C14H20N2O/c1-14(2,3)13(17)16-11-6-7-12-10(9-11)5-4-8-15-12/h6-7,9,15H,4-5,8H2,1-3H3,(H,16,17). The highest BCUT2D eigenvalue weighted by Gasteiger charge is 2.21. The van der Waals surface area contributed by atoms with E-state index in [4.69, 9.17) is 0 Å². The van der Waals surface area contributed by atoms with Crippen molar-refractivity contribution >= 4 is 17.3 Å². The number of amides is 1. The van der Waals surface area contributed by atoms with Gasteiger partial charge < -0.3 is 10.6 Å². The Morgan fingerprint density at radius 2 is 2.12 bits per heavy atom. The van der Waals surface area contributed by atoms with Gasteiger partial charge in [0.1, 0.15) is 0 Å². The van der Waals surface area contributed by atoms with Crippen LogP contribution in [0.1, 0.15) is 32.8 Å². The maximum atomic E-state index is 11.9. The molecule has 1 amide bonds. The molecule has 3 nitrogen and oxygen atoms in total. The molecule has 0 spiro atoms. The number of aryl methyl sites for hydroxylation is 1. The minimum Gasteiger partial charge on any atom is -0.385 e. The Balaban J connectivity index is 2.15. The highest BCUT2D eigenvalue weighted by atomic mass is 16.2. The van der Waals surface area contributed by atoms with E-state index >= 15 is 0 Å². The largest absolute Gasteiger partial charge is 0.385 e. The van der Waals surface area contributed by atoms with Crippen molar-refractivity contribution in [1.29, 1.82) is 0 Å². The summed E-state index contributed by atoms with van der Waals surface area (Å²) in [4.78, 5) is 11.9. The predicted octanol–water partition coefficient (Wildman–Crippen LogP) is 3.03. The SMILES string of the molecule is CC(C)(C)C(=O)Nc1ccc2c(c1)CCCN2.